The molecular formula is C25H29ClF3N5O2S. The number of hydrogen-bond donors (Lipinski definition) is 2. The highest BCUT2D eigenvalue weighted by Crippen LogP contribution is 2.27. The molecule has 0 atom stereocenters. The second-order valence-electron chi connectivity index (χ2n) is 8.41. The summed E-state index contributed by atoms with van der Waals surface area (Å²) < 4.78 is 43.6. The molecule has 0 saturated carbocycles. The molecule has 0 radical (unpaired) electrons. The molecular weight excluding hydrogens is 527 g/mol. The number of hydrogen-bond acceptors (Lipinski definition) is 5. The number of rotatable bonds is 11. The zero-order chi connectivity index (χ0) is 26.8. The lowest BCUT2D eigenvalue weighted by Gasteiger charge is -2.13. The third-order valence-corrected chi connectivity index (χ3v) is 6.33. The van der Waals surface area contributed by atoms with Crippen LogP contribution >= 0.6 is 22.9 Å². The van der Waals surface area contributed by atoms with E-state index in [0.717, 1.165) is 28.2 Å². The number of aromatic nitrogens is 1. The second kappa shape index (κ2) is 13.5. The van der Waals surface area contributed by atoms with Gasteiger partial charge in [0.15, 0.2) is 4.80 Å². The van der Waals surface area contributed by atoms with Crippen LogP contribution in [-0.2, 0) is 13.1 Å². The average molecular weight is 556 g/mol. The first-order valence-corrected chi connectivity index (χ1v) is 12.8. The molecule has 2 aromatic carbocycles. The van der Waals surface area contributed by atoms with E-state index in [2.05, 4.69) is 15.4 Å². The van der Waals surface area contributed by atoms with Gasteiger partial charge in [0.1, 0.15) is 5.75 Å². The first-order valence-electron chi connectivity index (χ1n) is 11.6. The SMILES string of the molecule is CN(C)CCNC(=O)NCCCn1c(-c2ccc(OC(F)(F)F)cc2)cs/c1=N\Cc1ccc(Cl)cc1. The Hall–Kier alpha value is -3.02. The Morgan fingerprint density at radius 1 is 1.08 bits per heavy atom. The van der Waals surface area contributed by atoms with Gasteiger partial charge in [-0.25, -0.2) is 4.79 Å². The van der Waals surface area contributed by atoms with Crippen molar-refractivity contribution in [3.05, 3.63) is 69.3 Å². The molecule has 0 bridgehead atoms. The van der Waals surface area contributed by atoms with Gasteiger partial charge in [0.05, 0.1) is 12.2 Å². The first-order chi connectivity index (χ1) is 17.6. The summed E-state index contributed by atoms with van der Waals surface area (Å²) in [5.41, 5.74) is 2.54. The predicted molar refractivity (Wildman–Crippen MR) is 140 cm³/mol. The molecule has 1 aromatic heterocycles. The molecule has 0 saturated heterocycles. The van der Waals surface area contributed by atoms with Crippen molar-refractivity contribution < 1.29 is 22.7 Å². The van der Waals surface area contributed by atoms with Gasteiger partial charge in [0, 0.05) is 36.6 Å². The lowest BCUT2D eigenvalue weighted by molar-refractivity contribution is -0.274. The Balaban J connectivity index is 1.74. The number of urea groups is 1. The van der Waals surface area contributed by atoms with Gasteiger partial charge in [-0.3, -0.25) is 4.99 Å². The summed E-state index contributed by atoms with van der Waals surface area (Å²) >= 11 is 7.41. The van der Waals surface area contributed by atoms with Crippen molar-refractivity contribution in [2.45, 2.75) is 25.9 Å². The van der Waals surface area contributed by atoms with E-state index in [1.807, 2.05) is 41.1 Å². The Morgan fingerprint density at radius 3 is 2.41 bits per heavy atom. The highest BCUT2D eigenvalue weighted by atomic mass is 35.5. The normalized spacial score (nSPS) is 12.1. The molecule has 0 aliphatic heterocycles. The van der Waals surface area contributed by atoms with E-state index in [-0.39, 0.29) is 11.8 Å². The number of benzene rings is 2. The third kappa shape index (κ3) is 9.75. The van der Waals surface area contributed by atoms with Gasteiger partial charge in [-0.15, -0.1) is 24.5 Å². The lowest BCUT2D eigenvalue weighted by Crippen LogP contribution is -2.39. The highest BCUT2D eigenvalue weighted by molar-refractivity contribution is 7.07. The summed E-state index contributed by atoms with van der Waals surface area (Å²) in [6.45, 7) is 2.74. The van der Waals surface area contributed by atoms with Crippen LogP contribution < -0.4 is 20.2 Å². The predicted octanol–water partition coefficient (Wildman–Crippen LogP) is 5.12. The van der Waals surface area contributed by atoms with Crippen LogP contribution in [-0.4, -0.2) is 55.6 Å². The molecule has 2 amide bonds. The first kappa shape index (κ1) is 28.5. The number of halogens is 4. The minimum absolute atomic E-state index is 0.231. The molecule has 1 heterocycles. The van der Waals surface area contributed by atoms with E-state index in [0.29, 0.717) is 37.6 Å². The number of alkyl halides is 3. The van der Waals surface area contributed by atoms with E-state index in [4.69, 9.17) is 16.6 Å². The zero-order valence-corrected chi connectivity index (χ0v) is 22.1. The number of nitrogens with one attached hydrogen (secondary N) is 2. The van der Waals surface area contributed by atoms with Crippen molar-refractivity contribution in [2.24, 2.45) is 4.99 Å². The van der Waals surface area contributed by atoms with E-state index in [1.165, 1.54) is 23.5 Å². The van der Waals surface area contributed by atoms with Gasteiger partial charge in [-0.05, 0) is 68.0 Å². The number of likely N-dealkylation sites (N-methyl/N-ethyl adjacent to an activating group) is 1. The van der Waals surface area contributed by atoms with E-state index in [1.54, 1.807) is 24.3 Å². The van der Waals surface area contributed by atoms with Crippen LogP contribution in [0.3, 0.4) is 0 Å². The van der Waals surface area contributed by atoms with Crippen LogP contribution in [0, 0.1) is 0 Å². The van der Waals surface area contributed by atoms with Gasteiger partial charge in [-0.1, -0.05) is 23.7 Å². The van der Waals surface area contributed by atoms with Gasteiger partial charge >= 0.3 is 12.4 Å². The molecule has 3 aromatic rings. The molecule has 2 N–H and O–H groups in total. The topological polar surface area (TPSA) is 70.9 Å². The molecule has 12 heteroatoms. The summed E-state index contributed by atoms with van der Waals surface area (Å²) in [4.78, 5) is 19.5. The maximum Gasteiger partial charge on any atom is 0.573 e. The standard InChI is InChI=1S/C25H29ClF3N5O2S/c1-33(2)15-13-31-23(35)30-12-3-14-34-22(19-6-10-21(11-7-19)36-25(27,28)29)17-37-24(34)32-16-18-4-8-20(26)9-5-18/h4-11,17H,3,12-16H2,1-2H3,(H2,30,31,35)/b32-24-. The van der Waals surface area contributed by atoms with Crippen molar-refractivity contribution >= 4 is 29.0 Å². The average Bonchev–Trinajstić information content (AvgIpc) is 3.23. The molecule has 0 aliphatic rings. The van der Waals surface area contributed by atoms with Crippen LogP contribution in [0.5, 0.6) is 5.75 Å². The molecule has 0 aliphatic carbocycles. The number of ether oxygens (including phenoxy) is 1. The number of nitrogens with zero attached hydrogens (tertiary/aromatic N) is 3. The fourth-order valence-corrected chi connectivity index (χ4v) is 4.43. The Morgan fingerprint density at radius 2 is 1.76 bits per heavy atom. The molecule has 0 spiro atoms. The van der Waals surface area contributed by atoms with Gasteiger partial charge < -0.3 is 24.8 Å². The molecule has 3 rings (SSSR count). The van der Waals surface area contributed by atoms with Crippen LogP contribution in [0.1, 0.15) is 12.0 Å². The third-order valence-electron chi connectivity index (χ3n) is 5.18. The number of carbonyl (C=O) groups is 1. The molecule has 37 heavy (non-hydrogen) atoms. The minimum Gasteiger partial charge on any atom is -0.406 e. The van der Waals surface area contributed by atoms with Gasteiger partial charge in [0.2, 0.25) is 0 Å². The van der Waals surface area contributed by atoms with Crippen molar-refractivity contribution in [1.29, 1.82) is 0 Å². The molecule has 0 fully saturated rings. The number of carbonyl (C=O) groups excluding carboxylic acids is 1. The summed E-state index contributed by atoms with van der Waals surface area (Å²) in [7, 11) is 3.86. The largest absolute Gasteiger partial charge is 0.573 e. The van der Waals surface area contributed by atoms with Crippen molar-refractivity contribution in [2.75, 3.05) is 33.7 Å². The van der Waals surface area contributed by atoms with Crippen molar-refractivity contribution in [3.63, 3.8) is 0 Å². The Bertz CT molecular complexity index is 1210. The van der Waals surface area contributed by atoms with Crippen LogP contribution in [0.25, 0.3) is 11.3 Å². The molecule has 0 unspecified atom stereocenters. The van der Waals surface area contributed by atoms with E-state index < -0.39 is 6.36 Å². The zero-order valence-electron chi connectivity index (χ0n) is 20.5. The minimum atomic E-state index is -4.75. The maximum atomic E-state index is 12.5. The van der Waals surface area contributed by atoms with Crippen molar-refractivity contribution in [1.82, 2.24) is 20.1 Å². The van der Waals surface area contributed by atoms with Gasteiger partial charge in [-0.2, -0.15) is 0 Å². The Kier molecular flexibility index (Phi) is 10.4. The fourth-order valence-electron chi connectivity index (χ4n) is 3.37. The maximum absolute atomic E-state index is 12.5. The summed E-state index contributed by atoms with van der Waals surface area (Å²) in [5.74, 6) is -0.282. The number of amides is 2. The smallest absolute Gasteiger partial charge is 0.406 e. The van der Waals surface area contributed by atoms with Crippen LogP contribution in [0.2, 0.25) is 5.02 Å². The van der Waals surface area contributed by atoms with Crippen LogP contribution in [0.4, 0.5) is 18.0 Å². The lowest BCUT2D eigenvalue weighted by atomic mass is 10.1. The van der Waals surface area contributed by atoms with Crippen molar-refractivity contribution in [3.8, 4) is 17.0 Å². The molecule has 7 nitrogen and oxygen atoms in total. The second-order valence-corrected chi connectivity index (χ2v) is 9.68. The van der Waals surface area contributed by atoms with E-state index in [9.17, 15) is 18.0 Å². The monoisotopic (exact) mass is 555 g/mol. The summed E-state index contributed by atoms with van der Waals surface area (Å²) in [6.07, 6.45) is -4.11. The summed E-state index contributed by atoms with van der Waals surface area (Å²) in [5, 5.41) is 8.21. The summed E-state index contributed by atoms with van der Waals surface area (Å²) in [6, 6.07) is 12.9. The van der Waals surface area contributed by atoms with E-state index >= 15 is 0 Å². The van der Waals surface area contributed by atoms with Gasteiger partial charge in [0.25, 0.3) is 0 Å². The van der Waals surface area contributed by atoms with Crippen LogP contribution in [0.15, 0.2) is 58.9 Å². The quantitative estimate of drug-likeness (QED) is 0.323. The number of thiazole rings is 1. The Labute approximate surface area is 222 Å². The fraction of sp³-hybridized carbons (Fsp3) is 0.360. The molecule has 200 valence electrons. The highest BCUT2D eigenvalue weighted by Gasteiger charge is 2.31.